The molecule has 0 aromatic carbocycles. The summed E-state index contributed by atoms with van der Waals surface area (Å²) in [5, 5.41) is 43.6. The lowest BCUT2D eigenvalue weighted by atomic mass is 10.2. The summed E-state index contributed by atoms with van der Waals surface area (Å²) < 4.78 is 1.86. The van der Waals surface area contributed by atoms with E-state index in [9.17, 15) is 9.59 Å². The van der Waals surface area contributed by atoms with Crippen LogP contribution >= 0.6 is 0 Å². The van der Waals surface area contributed by atoms with Gasteiger partial charge in [0.25, 0.3) is 0 Å². The minimum Gasteiger partial charge on any atom is -0.479 e. The number of nitrogens with zero attached hydrogens (tertiary/aromatic N) is 2. The van der Waals surface area contributed by atoms with Gasteiger partial charge in [-0.1, -0.05) is 5.16 Å². The molecule has 0 aliphatic carbocycles. The van der Waals surface area contributed by atoms with Gasteiger partial charge in [0, 0.05) is 12.1 Å². The molecule has 0 spiro atoms. The van der Waals surface area contributed by atoms with Crippen LogP contribution in [0.3, 0.4) is 0 Å². The standard InChI is InChI=1S/C7H8N2O.C4H6O6/c1-9-5-3-2-4-7(9)6-8-10;5-1(3(7)8)2(6)4(9)10/h2-6H,1H3;1-2,5-6H,(H,7,8)(H,9,10)/p+1. The number of aromatic nitrogens is 1. The van der Waals surface area contributed by atoms with Gasteiger partial charge >= 0.3 is 11.9 Å². The summed E-state index contributed by atoms with van der Waals surface area (Å²) in [6.45, 7) is 0. The first-order valence-corrected chi connectivity index (χ1v) is 5.25. The maximum Gasteiger partial charge on any atom is 0.335 e. The number of aliphatic carboxylic acids is 2. The average molecular weight is 287 g/mol. The van der Waals surface area contributed by atoms with Gasteiger partial charge in [0.1, 0.15) is 13.3 Å². The van der Waals surface area contributed by atoms with Crippen molar-refractivity contribution < 1.29 is 39.8 Å². The Kier molecular flexibility index (Phi) is 7.48. The van der Waals surface area contributed by atoms with Crippen LogP contribution in [-0.2, 0) is 16.6 Å². The minimum atomic E-state index is -2.27. The lowest BCUT2D eigenvalue weighted by Gasteiger charge is -2.07. The Morgan fingerprint density at radius 2 is 1.70 bits per heavy atom. The number of aliphatic hydroxyl groups excluding tert-OH is 2. The molecule has 2 atom stereocenters. The third-order valence-electron chi connectivity index (χ3n) is 2.09. The molecule has 110 valence electrons. The highest BCUT2D eigenvalue weighted by atomic mass is 16.4. The van der Waals surface area contributed by atoms with Crippen LogP contribution in [0.2, 0.25) is 0 Å². The van der Waals surface area contributed by atoms with Crippen molar-refractivity contribution in [2.45, 2.75) is 12.2 Å². The third kappa shape index (κ3) is 5.89. The van der Waals surface area contributed by atoms with Crippen molar-refractivity contribution in [2.75, 3.05) is 0 Å². The second-order valence-corrected chi connectivity index (χ2v) is 3.55. The molecule has 0 amide bonds. The molecule has 0 fully saturated rings. The summed E-state index contributed by atoms with van der Waals surface area (Å²) in [7, 11) is 1.89. The Morgan fingerprint density at radius 1 is 1.20 bits per heavy atom. The topological polar surface area (TPSA) is 152 Å². The van der Waals surface area contributed by atoms with Crippen LogP contribution in [-0.4, -0.2) is 56.0 Å². The van der Waals surface area contributed by atoms with Crippen molar-refractivity contribution in [3.63, 3.8) is 0 Å². The van der Waals surface area contributed by atoms with E-state index in [1.165, 1.54) is 6.21 Å². The number of carboxylic acid groups (broad SMARTS) is 2. The number of oxime groups is 1. The smallest absolute Gasteiger partial charge is 0.335 e. The van der Waals surface area contributed by atoms with E-state index in [2.05, 4.69) is 5.16 Å². The van der Waals surface area contributed by atoms with Crippen LogP contribution < -0.4 is 4.57 Å². The lowest BCUT2D eigenvalue weighted by Crippen LogP contribution is -2.39. The molecule has 1 rings (SSSR count). The molecule has 1 heterocycles. The Morgan fingerprint density at radius 3 is 2.05 bits per heavy atom. The van der Waals surface area contributed by atoms with E-state index in [0.717, 1.165) is 5.69 Å². The molecule has 0 aliphatic rings. The number of carboxylic acids is 2. The van der Waals surface area contributed by atoms with Gasteiger partial charge in [-0.2, -0.15) is 0 Å². The maximum atomic E-state index is 9.77. The molecule has 9 heteroatoms. The molecule has 0 saturated carbocycles. The molecule has 1 aromatic heterocycles. The third-order valence-corrected chi connectivity index (χ3v) is 2.09. The highest BCUT2D eigenvalue weighted by Gasteiger charge is 2.29. The fraction of sp³-hybridized carbons (Fsp3) is 0.273. The number of hydrogen-bond acceptors (Lipinski definition) is 6. The first kappa shape index (κ1) is 17.5. The average Bonchev–Trinajstić information content (AvgIpc) is 2.40. The first-order chi connectivity index (χ1) is 9.31. The number of aliphatic hydroxyl groups is 2. The minimum absolute atomic E-state index is 0.866. The van der Waals surface area contributed by atoms with Crippen molar-refractivity contribution in [1.82, 2.24) is 0 Å². The van der Waals surface area contributed by atoms with Gasteiger partial charge in [-0.15, -0.1) is 0 Å². The normalized spacial score (nSPS) is 13.2. The molecular weight excluding hydrogens is 272 g/mol. The second-order valence-electron chi connectivity index (χ2n) is 3.55. The summed E-state index contributed by atoms with van der Waals surface area (Å²) in [4.78, 5) is 19.5. The fourth-order valence-electron chi connectivity index (χ4n) is 1.000. The van der Waals surface area contributed by atoms with E-state index >= 15 is 0 Å². The summed E-state index contributed by atoms with van der Waals surface area (Å²) >= 11 is 0. The number of carbonyl (C=O) groups is 2. The molecule has 0 radical (unpaired) electrons. The highest BCUT2D eigenvalue weighted by molar-refractivity contribution is 5.83. The number of hydrogen-bond donors (Lipinski definition) is 5. The van der Waals surface area contributed by atoms with Crippen LogP contribution in [0.4, 0.5) is 0 Å². The zero-order chi connectivity index (χ0) is 15.7. The predicted molar refractivity (Wildman–Crippen MR) is 64.3 cm³/mol. The van der Waals surface area contributed by atoms with Gasteiger partial charge in [-0.25, -0.2) is 14.2 Å². The SMILES string of the molecule is C[n+]1ccccc1C=NO.O=C(O)C(O)C(O)C(=O)O. The number of rotatable bonds is 4. The zero-order valence-electron chi connectivity index (χ0n) is 10.5. The lowest BCUT2D eigenvalue weighted by molar-refractivity contribution is -0.672. The van der Waals surface area contributed by atoms with E-state index in [1.54, 1.807) is 0 Å². The van der Waals surface area contributed by atoms with Crippen LogP contribution in [0.25, 0.3) is 0 Å². The highest BCUT2D eigenvalue weighted by Crippen LogP contribution is 1.92. The van der Waals surface area contributed by atoms with Gasteiger partial charge in [0.15, 0.2) is 18.4 Å². The number of pyridine rings is 1. The van der Waals surface area contributed by atoms with Gasteiger partial charge in [0.2, 0.25) is 5.69 Å². The van der Waals surface area contributed by atoms with Crippen LogP contribution in [0.1, 0.15) is 5.69 Å². The van der Waals surface area contributed by atoms with E-state index in [0.29, 0.717) is 0 Å². The molecule has 9 nitrogen and oxygen atoms in total. The van der Waals surface area contributed by atoms with Gasteiger partial charge in [0.05, 0.1) is 0 Å². The second kappa shape index (κ2) is 8.56. The Balaban J connectivity index is 0.000000361. The summed E-state index contributed by atoms with van der Waals surface area (Å²) in [6.07, 6.45) is -1.26. The van der Waals surface area contributed by atoms with Crippen LogP contribution in [0.15, 0.2) is 29.6 Å². The molecular formula is C11H15N2O7+. The summed E-state index contributed by atoms with van der Waals surface area (Å²) in [5.74, 6) is -3.54. The largest absolute Gasteiger partial charge is 0.479 e. The Labute approximate surface area is 113 Å². The van der Waals surface area contributed by atoms with Crippen molar-refractivity contribution in [2.24, 2.45) is 12.2 Å². The Hall–Kier alpha value is -2.52. The summed E-state index contributed by atoms with van der Waals surface area (Å²) in [6, 6.07) is 5.66. The van der Waals surface area contributed by atoms with Crippen molar-refractivity contribution in [3.8, 4) is 0 Å². The molecule has 20 heavy (non-hydrogen) atoms. The van der Waals surface area contributed by atoms with Crippen molar-refractivity contribution in [1.29, 1.82) is 0 Å². The molecule has 0 aliphatic heterocycles. The predicted octanol–water partition coefficient (Wildman–Crippen LogP) is -1.80. The Bertz CT molecular complexity index is 471. The monoisotopic (exact) mass is 287 g/mol. The van der Waals surface area contributed by atoms with Crippen LogP contribution in [0, 0.1) is 0 Å². The van der Waals surface area contributed by atoms with Crippen molar-refractivity contribution >= 4 is 18.2 Å². The summed E-state index contributed by atoms with van der Waals surface area (Å²) in [5.41, 5.74) is 0.866. The van der Waals surface area contributed by atoms with Gasteiger partial charge in [-0.3, -0.25) is 0 Å². The van der Waals surface area contributed by atoms with Gasteiger partial charge in [-0.05, 0) is 6.07 Å². The molecule has 0 saturated heterocycles. The quantitative estimate of drug-likeness (QED) is 0.189. The van der Waals surface area contributed by atoms with E-state index in [-0.39, 0.29) is 0 Å². The van der Waals surface area contributed by atoms with Gasteiger partial charge < -0.3 is 25.6 Å². The zero-order valence-corrected chi connectivity index (χ0v) is 10.5. The number of aryl methyl sites for hydroxylation is 1. The molecule has 0 bridgehead atoms. The maximum absolute atomic E-state index is 9.77. The van der Waals surface area contributed by atoms with E-state index < -0.39 is 24.1 Å². The van der Waals surface area contributed by atoms with Crippen LogP contribution in [0.5, 0.6) is 0 Å². The molecule has 1 aromatic rings. The van der Waals surface area contributed by atoms with E-state index in [4.69, 9.17) is 25.6 Å². The van der Waals surface area contributed by atoms with E-state index in [1.807, 2.05) is 36.0 Å². The fourth-order valence-corrected chi connectivity index (χ4v) is 1.000. The molecule has 2 unspecified atom stereocenters. The van der Waals surface area contributed by atoms with Crippen molar-refractivity contribution in [3.05, 3.63) is 30.1 Å². The first-order valence-electron chi connectivity index (χ1n) is 5.25. The molecule has 5 N–H and O–H groups in total.